The Kier molecular flexibility index (Phi) is 5.48. The van der Waals surface area contributed by atoms with E-state index in [4.69, 9.17) is 0 Å². The van der Waals surface area contributed by atoms with Crippen molar-refractivity contribution in [2.24, 2.45) is 5.92 Å². The Balaban J connectivity index is 1.52. The van der Waals surface area contributed by atoms with Gasteiger partial charge in [-0.15, -0.1) is 11.8 Å². The van der Waals surface area contributed by atoms with E-state index in [1.54, 1.807) is 42.2 Å². The van der Waals surface area contributed by atoms with Crippen LogP contribution in [-0.2, 0) is 19.6 Å². The van der Waals surface area contributed by atoms with Crippen LogP contribution in [0, 0.1) is 5.92 Å². The molecular weight excluding hydrogens is 422 g/mol. The van der Waals surface area contributed by atoms with E-state index in [1.807, 2.05) is 30.5 Å². The van der Waals surface area contributed by atoms with E-state index >= 15 is 0 Å². The van der Waals surface area contributed by atoms with Crippen molar-refractivity contribution in [2.45, 2.75) is 16.2 Å². The minimum atomic E-state index is -4.10. The summed E-state index contributed by atoms with van der Waals surface area (Å²) in [5, 5.41) is 0.429. The van der Waals surface area contributed by atoms with E-state index in [2.05, 4.69) is 9.71 Å². The van der Waals surface area contributed by atoms with Crippen LogP contribution < -0.4 is 9.62 Å². The molecule has 7 nitrogen and oxygen atoms in total. The Hall–Kier alpha value is -2.91. The standard InChI is InChI=1S/C21H19N3O4S2/c1-29-16-9-7-15(8-10-16)24-13-14(12-20(24)25)21(26)23-30(27,28)19-6-2-5-18-17(19)4-3-11-22-18/h2-11,14H,12-13H2,1H3,(H,23,26)/t14-/m1/s1. The molecule has 3 aromatic rings. The van der Waals surface area contributed by atoms with E-state index < -0.39 is 21.8 Å². The number of amides is 2. The van der Waals surface area contributed by atoms with Crippen molar-refractivity contribution in [2.75, 3.05) is 17.7 Å². The van der Waals surface area contributed by atoms with Gasteiger partial charge >= 0.3 is 0 Å². The molecule has 0 aliphatic carbocycles. The zero-order valence-corrected chi connectivity index (χ0v) is 17.7. The first-order chi connectivity index (χ1) is 14.4. The number of fused-ring (bicyclic) bond motifs is 1. The van der Waals surface area contributed by atoms with E-state index in [-0.39, 0.29) is 23.8 Å². The molecule has 1 atom stereocenters. The number of nitrogens with zero attached hydrogens (tertiary/aromatic N) is 2. The summed E-state index contributed by atoms with van der Waals surface area (Å²) in [4.78, 5) is 31.9. The number of pyridine rings is 1. The maximum absolute atomic E-state index is 12.9. The lowest BCUT2D eigenvalue weighted by Crippen LogP contribution is -2.37. The molecule has 0 saturated carbocycles. The maximum atomic E-state index is 12.9. The third-order valence-electron chi connectivity index (χ3n) is 5.01. The number of hydrogen-bond donors (Lipinski definition) is 1. The molecule has 0 radical (unpaired) electrons. The van der Waals surface area contributed by atoms with Gasteiger partial charge in [-0.25, -0.2) is 13.1 Å². The van der Waals surface area contributed by atoms with E-state index in [0.717, 1.165) is 4.90 Å². The van der Waals surface area contributed by atoms with E-state index in [1.165, 1.54) is 11.0 Å². The molecule has 1 N–H and O–H groups in total. The lowest BCUT2D eigenvalue weighted by atomic mass is 10.1. The van der Waals surface area contributed by atoms with E-state index in [0.29, 0.717) is 16.6 Å². The maximum Gasteiger partial charge on any atom is 0.264 e. The minimum Gasteiger partial charge on any atom is -0.312 e. The molecular formula is C21H19N3O4S2. The highest BCUT2D eigenvalue weighted by Gasteiger charge is 2.37. The first kappa shape index (κ1) is 20.4. The highest BCUT2D eigenvalue weighted by atomic mass is 32.2. The quantitative estimate of drug-likeness (QED) is 0.612. The van der Waals surface area contributed by atoms with Crippen LogP contribution in [0.25, 0.3) is 10.9 Å². The Morgan fingerprint density at radius 1 is 1.13 bits per heavy atom. The van der Waals surface area contributed by atoms with Crippen LogP contribution in [-0.4, -0.2) is 38.0 Å². The lowest BCUT2D eigenvalue weighted by Gasteiger charge is -2.17. The van der Waals surface area contributed by atoms with Gasteiger partial charge in [0, 0.05) is 35.1 Å². The molecule has 4 rings (SSSR count). The molecule has 0 unspecified atom stereocenters. The average molecular weight is 442 g/mol. The van der Waals surface area contributed by atoms with Gasteiger partial charge in [-0.3, -0.25) is 14.6 Å². The van der Waals surface area contributed by atoms with Crippen molar-refractivity contribution in [1.82, 2.24) is 9.71 Å². The predicted octanol–water partition coefficient (Wildman–Crippen LogP) is 2.81. The van der Waals surface area contributed by atoms with Gasteiger partial charge in [0.05, 0.1) is 16.3 Å². The zero-order valence-electron chi connectivity index (χ0n) is 16.1. The second kappa shape index (κ2) is 8.08. The number of sulfonamides is 1. The average Bonchev–Trinajstić information content (AvgIpc) is 3.15. The number of rotatable bonds is 5. The molecule has 30 heavy (non-hydrogen) atoms. The fourth-order valence-corrected chi connectivity index (χ4v) is 5.14. The number of thioether (sulfide) groups is 1. The zero-order chi connectivity index (χ0) is 21.3. The predicted molar refractivity (Wildman–Crippen MR) is 116 cm³/mol. The number of aromatic nitrogens is 1. The van der Waals surface area contributed by atoms with Crippen molar-refractivity contribution < 1.29 is 18.0 Å². The summed E-state index contributed by atoms with van der Waals surface area (Å²) < 4.78 is 27.9. The molecule has 1 aliphatic rings. The summed E-state index contributed by atoms with van der Waals surface area (Å²) in [5.74, 6) is -1.65. The third kappa shape index (κ3) is 3.90. The van der Waals surface area contributed by atoms with Crippen molar-refractivity contribution in [3.05, 3.63) is 60.8 Å². The Morgan fingerprint density at radius 3 is 2.63 bits per heavy atom. The van der Waals surface area contributed by atoms with Crippen LogP contribution in [0.2, 0.25) is 0 Å². The van der Waals surface area contributed by atoms with Gasteiger partial charge in [0.2, 0.25) is 11.8 Å². The first-order valence-electron chi connectivity index (χ1n) is 9.24. The summed E-state index contributed by atoms with van der Waals surface area (Å²) in [5.41, 5.74) is 1.21. The third-order valence-corrected chi connectivity index (χ3v) is 7.16. The van der Waals surface area contributed by atoms with Crippen LogP contribution in [0.4, 0.5) is 5.69 Å². The molecule has 0 bridgehead atoms. The molecule has 1 saturated heterocycles. The molecule has 9 heteroatoms. The van der Waals surface area contributed by atoms with Gasteiger partial charge in [0.25, 0.3) is 10.0 Å². The van der Waals surface area contributed by atoms with Crippen molar-refractivity contribution in [3.63, 3.8) is 0 Å². The van der Waals surface area contributed by atoms with Gasteiger partial charge in [-0.1, -0.05) is 6.07 Å². The monoisotopic (exact) mass is 441 g/mol. The Bertz CT molecular complexity index is 1220. The van der Waals surface area contributed by atoms with Crippen LogP contribution in [0.15, 0.2) is 70.6 Å². The van der Waals surface area contributed by atoms with Crippen molar-refractivity contribution >= 4 is 50.2 Å². The van der Waals surface area contributed by atoms with Gasteiger partial charge in [0.15, 0.2) is 0 Å². The van der Waals surface area contributed by atoms with Gasteiger partial charge in [0.1, 0.15) is 0 Å². The highest BCUT2D eigenvalue weighted by Crippen LogP contribution is 2.28. The fraction of sp³-hybridized carbons (Fsp3) is 0.190. The van der Waals surface area contributed by atoms with Gasteiger partial charge in [-0.05, 0) is 54.8 Å². The minimum absolute atomic E-state index is 0.0183. The second-order valence-electron chi connectivity index (χ2n) is 6.90. The molecule has 2 heterocycles. The number of hydrogen-bond acceptors (Lipinski definition) is 6. The fourth-order valence-electron chi connectivity index (χ4n) is 3.48. The summed E-state index contributed by atoms with van der Waals surface area (Å²) in [6.07, 6.45) is 3.49. The number of carbonyl (C=O) groups excluding carboxylic acids is 2. The second-order valence-corrected chi connectivity index (χ2v) is 9.43. The number of benzene rings is 2. The Morgan fingerprint density at radius 2 is 1.90 bits per heavy atom. The van der Waals surface area contributed by atoms with Crippen LogP contribution >= 0.6 is 11.8 Å². The van der Waals surface area contributed by atoms with Crippen LogP contribution in [0.3, 0.4) is 0 Å². The van der Waals surface area contributed by atoms with Crippen LogP contribution in [0.1, 0.15) is 6.42 Å². The first-order valence-corrected chi connectivity index (χ1v) is 11.9. The lowest BCUT2D eigenvalue weighted by molar-refractivity contribution is -0.124. The SMILES string of the molecule is CSc1ccc(N2C[C@H](C(=O)NS(=O)(=O)c3cccc4ncccc34)CC2=O)cc1. The smallest absolute Gasteiger partial charge is 0.264 e. The summed E-state index contributed by atoms with van der Waals surface area (Å²) in [6.45, 7) is 0.135. The number of anilines is 1. The normalized spacial score (nSPS) is 16.8. The topological polar surface area (TPSA) is 96.4 Å². The van der Waals surface area contributed by atoms with Crippen molar-refractivity contribution in [1.29, 1.82) is 0 Å². The highest BCUT2D eigenvalue weighted by molar-refractivity contribution is 7.98. The van der Waals surface area contributed by atoms with Gasteiger partial charge in [-0.2, -0.15) is 0 Å². The molecule has 0 spiro atoms. The summed E-state index contributed by atoms with van der Waals surface area (Å²) in [6, 6.07) is 15.4. The molecule has 2 aromatic carbocycles. The van der Waals surface area contributed by atoms with Crippen molar-refractivity contribution in [3.8, 4) is 0 Å². The summed E-state index contributed by atoms with van der Waals surface area (Å²) in [7, 11) is -4.10. The Labute approximate surface area is 178 Å². The van der Waals surface area contributed by atoms with Crippen LogP contribution in [0.5, 0.6) is 0 Å². The molecule has 1 aliphatic heterocycles. The largest absolute Gasteiger partial charge is 0.312 e. The molecule has 1 fully saturated rings. The molecule has 2 amide bonds. The summed E-state index contributed by atoms with van der Waals surface area (Å²) >= 11 is 1.59. The van der Waals surface area contributed by atoms with E-state index in [9.17, 15) is 18.0 Å². The molecule has 1 aromatic heterocycles. The number of carbonyl (C=O) groups is 2. The number of nitrogens with one attached hydrogen (secondary N) is 1. The molecule has 154 valence electrons. The van der Waals surface area contributed by atoms with Gasteiger partial charge < -0.3 is 4.90 Å².